The Hall–Kier alpha value is -0.730. The van der Waals surface area contributed by atoms with Gasteiger partial charge in [-0.25, -0.2) is 4.79 Å². The van der Waals surface area contributed by atoms with Crippen molar-refractivity contribution >= 4 is 6.03 Å². The summed E-state index contributed by atoms with van der Waals surface area (Å²) in [5.41, 5.74) is 0. The summed E-state index contributed by atoms with van der Waals surface area (Å²) in [5, 5.41) is 5.79. The minimum absolute atomic E-state index is 0.0106. The van der Waals surface area contributed by atoms with Crippen molar-refractivity contribution in [3.63, 3.8) is 0 Å². The van der Waals surface area contributed by atoms with Crippen LogP contribution in [0.4, 0.5) is 4.79 Å². The van der Waals surface area contributed by atoms with E-state index in [9.17, 15) is 4.79 Å². The molecule has 1 rings (SSSR count). The van der Waals surface area contributed by atoms with Crippen LogP contribution < -0.4 is 10.6 Å². The predicted molar refractivity (Wildman–Crippen MR) is 67.3 cm³/mol. The first-order valence-corrected chi connectivity index (χ1v) is 6.62. The van der Waals surface area contributed by atoms with E-state index in [0.717, 1.165) is 30.6 Å². The molecule has 1 fully saturated rings. The van der Waals surface area contributed by atoms with Crippen LogP contribution in [0, 0.1) is 17.8 Å². The van der Waals surface area contributed by atoms with Crippen LogP contribution in [0.15, 0.2) is 0 Å². The van der Waals surface area contributed by atoms with Crippen LogP contribution in [-0.4, -0.2) is 18.6 Å². The average Bonchev–Trinajstić information content (AvgIpc) is 2.14. The Labute approximate surface area is 99.4 Å². The molecule has 0 aliphatic heterocycles. The van der Waals surface area contributed by atoms with Crippen LogP contribution in [0.1, 0.15) is 47.0 Å². The van der Waals surface area contributed by atoms with Gasteiger partial charge in [-0.15, -0.1) is 0 Å². The Kier molecular flexibility index (Phi) is 5.10. The molecule has 2 N–H and O–H groups in total. The molecule has 3 heteroatoms. The Morgan fingerprint density at radius 3 is 2.38 bits per heavy atom. The van der Waals surface area contributed by atoms with E-state index < -0.39 is 0 Å². The number of carbonyl (C=O) groups excluding carboxylic acids is 1. The van der Waals surface area contributed by atoms with Crippen molar-refractivity contribution in [3.05, 3.63) is 0 Å². The molecule has 0 radical (unpaired) electrons. The number of nitrogens with one attached hydrogen (secondary N) is 2. The third kappa shape index (κ3) is 3.39. The lowest BCUT2D eigenvalue weighted by Crippen LogP contribution is -2.50. The largest absolute Gasteiger partial charge is 0.338 e. The van der Waals surface area contributed by atoms with E-state index in [-0.39, 0.29) is 6.03 Å². The van der Waals surface area contributed by atoms with Gasteiger partial charge in [0, 0.05) is 12.6 Å². The highest BCUT2D eigenvalue weighted by Crippen LogP contribution is 2.39. The van der Waals surface area contributed by atoms with Gasteiger partial charge in [0.1, 0.15) is 0 Å². The quantitative estimate of drug-likeness (QED) is 0.743. The number of rotatable bonds is 5. The first-order valence-electron chi connectivity index (χ1n) is 6.62. The molecule has 0 saturated heterocycles. The Bertz CT molecular complexity index is 222. The van der Waals surface area contributed by atoms with E-state index in [4.69, 9.17) is 0 Å². The average molecular weight is 226 g/mol. The normalized spacial score (nSPS) is 26.1. The molecular weight excluding hydrogens is 200 g/mol. The van der Waals surface area contributed by atoms with Crippen molar-refractivity contribution in [2.45, 2.75) is 53.0 Å². The summed E-state index contributed by atoms with van der Waals surface area (Å²) in [6.07, 6.45) is 3.58. The van der Waals surface area contributed by atoms with E-state index in [1.165, 1.54) is 6.42 Å². The molecule has 0 aromatic rings. The second kappa shape index (κ2) is 6.12. The van der Waals surface area contributed by atoms with E-state index in [2.05, 4.69) is 31.4 Å². The smallest absolute Gasteiger partial charge is 0.314 e. The lowest BCUT2D eigenvalue weighted by atomic mass is 9.68. The topological polar surface area (TPSA) is 41.1 Å². The van der Waals surface area contributed by atoms with Gasteiger partial charge in [0.05, 0.1) is 0 Å². The summed E-state index contributed by atoms with van der Waals surface area (Å²) in [4.78, 5) is 11.3. The predicted octanol–water partition coefficient (Wildman–Crippen LogP) is 2.77. The Morgan fingerprint density at radius 1 is 1.31 bits per heavy atom. The van der Waals surface area contributed by atoms with Gasteiger partial charge in [0.25, 0.3) is 0 Å². The molecule has 0 aromatic heterocycles. The fourth-order valence-corrected chi connectivity index (χ4v) is 2.88. The Balaban J connectivity index is 2.24. The Morgan fingerprint density at radius 2 is 1.94 bits per heavy atom. The summed E-state index contributed by atoms with van der Waals surface area (Å²) >= 11 is 0. The second-order valence-electron chi connectivity index (χ2n) is 5.25. The van der Waals surface area contributed by atoms with E-state index in [1.54, 1.807) is 0 Å². The summed E-state index contributed by atoms with van der Waals surface area (Å²) in [6.45, 7) is 9.52. The molecule has 1 unspecified atom stereocenters. The molecule has 2 amide bonds. The van der Waals surface area contributed by atoms with Gasteiger partial charge in [-0.3, -0.25) is 0 Å². The van der Waals surface area contributed by atoms with Crippen molar-refractivity contribution in [3.8, 4) is 0 Å². The first kappa shape index (κ1) is 13.3. The standard InChI is InChI=1S/C13H26N2O/c1-5-12(9(3)4)10-7-11(8-10)15-13(16)14-6-2/h9-12H,5-8H2,1-4H3,(H2,14,15,16)/t10-,11-,12?. The maximum Gasteiger partial charge on any atom is 0.314 e. The zero-order valence-corrected chi connectivity index (χ0v) is 11.0. The van der Waals surface area contributed by atoms with Gasteiger partial charge in [-0.2, -0.15) is 0 Å². The molecule has 0 heterocycles. The van der Waals surface area contributed by atoms with Crippen molar-refractivity contribution in [1.82, 2.24) is 10.6 Å². The molecular formula is C13H26N2O. The highest BCUT2D eigenvalue weighted by Gasteiger charge is 2.35. The lowest BCUT2D eigenvalue weighted by Gasteiger charge is -2.42. The molecule has 1 saturated carbocycles. The minimum atomic E-state index is -0.0106. The van der Waals surface area contributed by atoms with Gasteiger partial charge in [-0.05, 0) is 37.5 Å². The minimum Gasteiger partial charge on any atom is -0.338 e. The van der Waals surface area contributed by atoms with Crippen LogP contribution >= 0.6 is 0 Å². The van der Waals surface area contributed by atoms with Gasteiger partial charge < -0.3 is 10.6 Å². The van der Waals surface area contributed by atoms with Gasteiger partial charge in [0.15, 0.2) is 0 Å². The maximum absolute atomic E-state index is 11.3. The highest BCUT2D eigenvalue weighted by molar-refractivity contribution is 5.74. The van der Waals surface area contributed by atoms with Crippen molar-refractivity contribution in [2.75, 3.05) is 6.54 Å². The number of urea groups is 1. The molecule has 0 spiro atoms. The third-order valence-corrected chi connectivity index (χ3v) is 3.78. The zero-order chi connectivity index (χ0) is 12.1. The molecule has 1 aliphatic carbocycles. The van der Waals surface area contributed by atoms with Crippen LogP contribution in [0.2, 0.25) is 0 Å². The molecule has 1 aliphatic rings. The summed E-state index contributed by atoms with van der Waals surface area (Å²) in [6, 6.07) is 0.396. The number of hydrogen-bond donors (Lipinski definition) is 2. The van der Waals surface area contributed by atoms with Gasteiger partial charge in [0.2, 0.25) is 0 Å². The summed E-state index contributed by atoms with van der Waals surface area (Å²) in [5.74, 6) is 2.41. The van der Waals surface area contributed by atoms with E-state index in [0.29, 0.717) is 12.6 Å². The summed E-state index contributed by atoms with van der Waals surface area (Å²) in [7, 11) is 0. The maximum atomic E-state index is 11.3. The van der Waals surface area contributed by atoms with Crippen molar-refractivity contribution in [1.29, 1.82) is 0 Å². The van der Waals surface area contributed by atoms with Crippen molar-refractivity contribution in [2.24, 2.45) is 17.8 Å². The molecule has 0 bridgehead atoms. The SMILES string of the molecule is CCNC(=O)N[C@H]1C[C@H](C(CC)C(C)C)C1. The summed E-state index contributed by atoms with van der Waals surface area (Å²) < 4.78 is 0. The van der Waals surface area contributed by atoms with Gasteiger partial charge in [-0.1, -0.05) is 27.2 Å². The van der Waals surface area contributed by atoms with Crippen LogP contribution in [0.25, 0.3) is 0 Å². The number of hydrogen-bond acceptors (Lipinski definition) is 1. The van der Waals surface area contributed by atoms with E-state index >= 15 is 0 Å². The van der Waals surface area contributed by atoms with Gasteiger partial charge >= 0.3 is 6.03 Å². The molecule has 1 atom stereocenters. The molecule has 16 heavy (non-hydrogen) atoms. The number of amides is 2. The zero-order valence-electron chi connectivity index (χ0n) is 11.0. The molecule has 94 valence electrons. The first-order chi connectivity index (χ1) is 7.58. The monoisotopic (exact) mass is 226 g/mol. The second-order valence-corrected chi connectivity index (χ2v) is 5.25. The fourth-order valence-electron chi connectivity index (χ4n) is 2.88. The molecule has 3 nitrogen and oxygen atoms in total. The molecule has 0 aromatic carbocycles. The van der Waals surface area contributed by atoms with Crippen LogP contribution in [0.3, 0.4) is 0 Å². The number of carbonyl (C=O) groups is 1. The lowest BCUT2D eigenvalue weighted by molar-refractivity contribution is 0.117. The van der Waals surface area contributed by atoms with Crippen molar-refractivity contribution < 1.29 is 4.79 Å². The fraction of sp³-hybridized carbons (Fsp3) is 0.923. The van der Waals surface area contributed by atoms with E-state index in [1.807, 2.05) is 6.92 Å². The third-order valence-electron chi connectivity index (χ3n) is 3.78. The highest BCUT2D eigenvalue weighted by atomic mass is 16.2. The van der Waals surface area contributed by atoms with Crippen LogP contribution in [0.5, 0.6) is 0 Å². The van der Waals surface area contributed by atoms with Crippen LogP contribution in [-0.2, 0) is 0 Å².